The fraction of sp³-hybridized carbons (Fsp3) is 0. The zero-order chi connectivity index (χ0) is 43.3. The predicted molar refractivity (Wildman–Crippen MR) is 261 cm³/mol. The number of phenols is 4. The largest absolute Gasteiger partial charge is 0.506 e. The van der Waals surface area contributed by atoms with Gasteiger partial charge in [0.15, 0.2) is 0 Å². The van der Waals surface area contributed by atoms with Crippen molar-refractivity contribution in [2.75, 3.05) is 4.90 Å². The normalized spacial score (nSPS) is 11.4. The molecule has 1 aromatic heterocycles. The molecule has 0 aliphatic rings. The Morgan fingerprint density at radius 1 is 0.328 bits per heavy atom. The van der Waals surface area contributed by atoms with Crippen LogP contribution in [-0.4, -0.2) is 25.0 Å². The molecule has 0 aliphatic carbocycles. The van der Waals surface area contributed by atoms with Gasteiger partial charge in [0.25, 0.3) is 0 Å². The van der Waals surface area contributed by atoms with Gasteiger partial charge in [0.1, 0.15) is 34.4 Å². The minimum absolute atomic E-state index is 0.00601. The van der Waals surface area contributed by atoms with Crippen LogP contribution >= 0.6 is 0 Å². The summed E-state index contributed by atoms with van der Waals surface area (Å²) in [5.41, 5.74) is 10.4. The van der Waals surface area contributed by atoms with E-state index >= 15 is 0 Å². The Morgan fingerprint density at radius 2 is 0.812 bits per heavy atom. The maximum absolute atomic E-state index is 12.1. The number of aromatic hydroxyl groups is 4. The molecule has 10 aromatic carbocycles. The van der Waals surface area contributed by atoms with Crippen LogP contribution in [0.5, 0.6) is 23.0 Å². The smallest absolute Gasteiger partial charge is 0.144 e. The lowest BCUT2D eigenvalue weighted by molar-refractivity contribution is 0.446. The summed E-state index contributed by atoms with van der Waals surface area (Å²) in [6.45, 7) is 0. The zero-order valence-corrected chi connectivity index (χ0v) is 34.5. The van der Waals surface area contributed by atoms with Crippen molar-refractivity contribution in [2.24, 2.45) is 0 Å². The quantitative estimate of drug-likeness (QED) is 0.123. The third-order valence-electron chi connectivity index (χ3n) is 12.1. The first-order valence-electron chi connectivity index (χ1n) is 21.2. The van der Waals surface area contributed by atoms with E-state index in [0.29, 0.717) is 16.8 Å². The molecule has 0 aliphatic heterocycles. The van der Waals surface area contributed by atoms with E-state index in [2.05, 4.69) is 71.3 Å². The second kappa shape index (κ2) is 15.6. The summed E-state index contributed by atoms with van der Waals surface area (Å²) in [5.74, 6) is -0.997. The molecule has 6 nitrogen and oxygen atoms in total. The van der Waals surface area contributed by atoms with E-state index < -0.39 is 0 Å². The van der Waals surface area contributed by atoms with Crippen LogP contribution in [0.4, 0.5) is 17.1 Å². The first-order valence-corrected chi connectivity index (χ1v) is 21.2. The van der Waals surface area contributed by atoms with Gasteiger partial charge in [0, 0.05) is 22.1 Å². The number of aromatic nitrogens is 1. The molecule has 0 fully saturated rings. The fourth-order valence-electron chi connectivity index (χ4n) is 9.25. The van der Waals surface area contributed by atoms with Gasteiger partial charge in [-0.15, -0.1) is 0 Å². The van der Waals surface area contributed by atoms with Crippen LogP contribution in [0.2, 0.25) is 0 Å². The highest BCUT2D eigenvalue weighted by Gasteiger charge is 2.28. The molecule has 0 saturated heterocycles. The summed E-state index contributed by atoms with van der Waals surface area (Å²) in [5, 5.41) is 52.5. The van der Waals surface area contributed by atoms with E-state index in [4.69, 9.17) is 0 Å². The first-order chi connectivity index (χ1) is 31.4. The number of rotatable bonds is 8. The molecule has 6 heteroatoms. The molecule has 306 valence electrons. The predicted octanol–water partition coefficient (Wildman–Crippen LogP) is 14.9. The van der Waals surface area contributed by atoms with Crippen molar-refractivity contribution in [1.82, 2.24) is 4.57 Å². The van der Waals surface area contributed by atoms with Gasteiger partial charge in [-0.3, -0.25) is 4.90 Å². The Labute approximate surface area is 369 Å². The maximum atomic E-state index is 12.1. The van der Waals surface area contributed by atoms with Crippen LogP contribution in [0.3, 0.4) is 0 Å². The number of phenolic OH excluding ortho intramolecular Hbond substituents is 4. The monoisotopic (exact) mass is 828 g/mol. The van der Waals surface area contributed by atoms with E-state index in [1.165, 1.54) is 4.90 Å². The second-order valence-corrected chi connectivity index (χ2v) is 16.0. The van der Waals surface area contributed by atoms with E-state index in [1.54, 1.807) is 24.3 Å². The minimum Gasteiger partial charge on any atom is -0.506 e. The van der Waals surface area contributed by atoms with Gasteiger partial charge < -0.3 is 25.0 Å². The third-order valence-corrected chi connectivity index (χ3v) is 12.1. The highest BCUT2D eigenvalue weighted by Crippen LogP contribution is 2.54. The zero-order valence-electron chi connectivity index (χ0n) is 34.5. The number of hydrogen-bond acceptors (Lipinski definition) is 5. The van der Waals surface area contributed by atoms with E-state index in [-0.39, 0.29) is 34.4 Å². The van der Waals surface area contributed by atoms with E-state index in [0.717, 1.165) is 71.6 Å². The molecule has 0 spiro atoms. The lowest BCUT2D eigenvalue weighted by Crippen LogP contribution is -2.11. The molecular weight excluding hydrogens is 789 g/mol. The van der Waals surface area contributed by atoms with Crippen molar-refractivity contribution < 1.29 is 20.4 Å². The molecule has 4 N–H and O–H groups in total. The summed E-state index contributed by atoms with van der Waals surface area (Å²) in [6, 6.07) is 71.0. The fourth-order valence-corrected chi connectivity index (χ4v) is 9.25. The van der Waals surface area contributed by atoms with Crippen molar-refractivity contribution in [2.45, 2.75) is 0 Å². The van der Waals surface area contributed by atoms with Crippen LogP contribution < -0.4 is 4.90 Å². The summed E-state index contributed by atoms with van der Waals surface area (Å²) in [4.78, 5) is 1.52. The van der Waals surface area contributed by atoms with Gasteiger partial charge in [0.05, 0.1) is 11.0 Å². The molecule has 11 rings (SSSR count). The van der Waals surface area contributed by atoms with Crippen molar-refractivity contribution in [3.05, 3.63) is 218 Å². The molecule has 1 heterocycles. The molecule has 0 saturated carbocycles. The Bertz CT molecular complexity index is 3490. The van der Waals surface area contributed by atoms with Crippen LogP contribution in [0, 0.1) is 0 Å². The van der Waals surface area contributed by atoms with Gasteiger partial charge >= 0.3 is 0 Å². The van der Waals surface area contributed by atoms with Gasteiger partial charge in [-0.25, -0.2) is 0 Å². The Kier molecular flexibility index (Phi) is 9.32. The van der Waals surface area contributed by atoms with Gasteiger partial charge in [-0.05, 0) is 116 Å². The molecule has 0 unspecified atom stereocenters. The highest BCUT2D eigenvalue weighted by molar-refractivity contribution is 6.16. The molecular formula is C58H40N2O4. The number of nitrogens with zero attached hydrogens (tertiary/aromatic N) is 2. The SMILES string of the molecule is Oc1cc(-c2ccccc2)cc(O)c1N(c1cccc(-c2cccc3c2c2ccccc2n3-c2ccccc2)c1)c1c(O)cc(-c2ccc(-c3cccc4ccccc34)cc2)cc1O. The van der Waals surface area contributed by atoms with Crippen molar-refractivity contribution in [3.63, 3.8) is 0 Å². The summed E-state index contributed by atoms with van der Waals surface area (Å²) < 4.78 is 2.27. The summed E-state index contributed by atoms with van der Waals surface area (Å²) in [7, 11) is 0. The average Bonchev–Trinajstić information content (AvgIpc) is 3.68. The number of fused-ring (bicyclic) bond motifs is 4. The lowest BCUT2D eigenvalue weighted by Gasteiger charge is -2.29. The molecule has 0 radical (unpaired) electrons. The van der Waals surface area contributed by atoms with Crippen LogP contribution in [-0.2, 0) is 0 Å². The standard InChI is InChI=1S/C58H40N2O4/c61-52-33-42(37-14-3-1-4-15-37)34-53(62)57(52)60(58-54(63)35-43(36-55(58)64)38-28-30-40(31-29-38)47-24-12-17-39-16-7-8-22-46(39)47)45-21-11-18-41(32-45)48-25-13-27-51-56(48)49-23-9-10-26-50(49)59(51)44-19-5-2-6-20-44/h1-36,61-64H. The van der Waals surface area contributed by atoms with Crippen LogP contribution in [0.25, 0.3) is 82.8 Å². The maximum Gasteiger partial charge on any atom is 0.144 e. The minimum atomic E-state index is -0.252. The van der Waals surface area contributed by atoms with Crippen molar-refractivity contribution in [1.29, 1.82) is 0 Å². The number of anilines is 3. The van der Waals surface area contributed by atoms with Gasteiger partial charge in [-0.1, -0.05) is 158 Å². The number of benzene rings is 10. The molecule has 64 heavy (non-hydrogen) atoms. The van der Waals surface area contributed by atoms with Crippen LogP contribution in [0.15, 0.2) is 218 Å². The number of hydrogen-bond donors (Lipinski definition) is 4. The van der Waals surface area contributed by atoms with Gasteiger partial charge in [-0.2, -0.15) is 0 Å². The highest BCUT2D eigenvalue weighted by atomic mass is 16.3. The second-order valence-electron chi connectivity index (χ2n) is 16.0. The van der Waals surface area contributed by atoms with Gasteiger partial charge in [0.2, 0.25) is 0 Å². The lowest BCUT2D eigenvalue weighted by atomic mass is 9.95. The molecule has 11 aromatic rings. The molecule has 0 bridgehead atoms. The van der Waals surface area contributed by atoms with E-state index in [1.807, 2.05) is 127 Å². The first kappa shape index (κ1) is 38.2. The topological polar surface area (TPSA) is 89.1 Å². The summed E-state index contributed by atoms with van der Waals surface area (Å²) >= 11 is 0. The van der Waals surface area contributed by atoms with Crippen molar-refractivity contribution >= 4 is 49.6 Å². The third kappa shape index (κ3) is 6.53. The number of para-hydroxylation sites is 2. The molecule has 0 atom stereocenters. The Morgan fingerprint density at radius 3 is 1.50 bits per heavy atom. The average molecular weight is 829 g/mol. The van der Waals surface area contributed by atoms with Crippen LogP contribution in [0.1, 0.15) is 0 Å². The molecule has 0 amide bonds. The Hall–Kier alpha value is -8.74. The van der Waals surface area contributed by atoms with Crippen molar-refractivity contribution in [3.8, 4) is 73.2 Å². The summed E-state index contributed by atoms with van der Waals surface area (Å²) in [6.07, 6.45) is 0. The Balaban J connectivity index is 1.06. The van der Waals surface area contributed by atoms with E-state index in [9.17, 15) is 20.4 Å².